The van der Waals surface area contributed by atoms with Crippen LogP contribution in [0.2, 0.25) is 0 Å². The van der Waals surface area contributed by atoms with Crippen LogP contribution >= 0.6 is 35.3 Å². The lowest BCUT2D eigenvalue weighted by molar-refractivity contribution is 0.140. The molecule has 7 heteroatoms. The summed E-state index contributed by atoms with van der Waals surface area (Å²) < 4.78 is 0. The molecule has 1 aliphatic rings. The van der Waals surface area contributed by atoms with Crippen LogP contribution in [-0.2, 0) is 6.54 Å². The zero-order chi connectivity index (χ0) is 19.1. The zero-order valence-corrected chi connectivity index (χ0v) is 20.2. The van der Waals surface area contributed by atoms with E-state index in [0.717, 1.165) is 24.1 Å². The lowest BCUT2D eigenvalue weighted by atomic mass is 9.97. The van der Waals surface area contributed by atoms with Crippen LogP contribution in [0.4, 0.5) is 0 Å². The lowest BCUT2D eigenvalue weighted by Gasteiger charge is -2.36. The van der Waals surface area contributed by atoms with Gasteiger partial charge in [-0.1, -0.05) is 19.1 Å². The maximum Gasteiger partial charge on any atom is 0.191 e. The van der Waals surface area contributed by atoms with E-state index >= 15 is 0 Å². The van der Waals surface area contributed by atoms with Crippen LogP contribution in [0, 0.1) is 12.8 Å². The number of aliphatic imine (C=N–C) groups is 1. The predicted octanol–water partition coefficient (Wildman–Crippen LogP) is 4.21. The molecule has 3 heterocycles. The molecule has 1 saturated heterocycles. The maximum absolute atomic E-state index is 4.45. The predicted molar refractivity (Wildman–Crippen MR) is 130 cm³/mol. The van der Waals surface area contributed by atoms with E-state index in [9.17, 15) is 0 Å². The fraction of sp³-hybridized carbons (Fsp3) is 0.524. The van der Waals surface area contributed by atoms with Crippen molar-refractivity contribution in [2.45, 2.75) is 39.3 Å². The van der Waals surface area contributed by atoms with Crippen LogP contribution in [0.3, 0.4) is 0 Å². The first-order valence-electron chi connectivity index (χ1n) is 9.80. The Kier molecular flexibility index (Phi) is 9.67. The van der Waals surface area contributed by atoms with Gasteiger partial charge in [-0.05, 0) is 61.8 Å². The van der Waals surface area contributed by atoms with Crippen LogP contribution in [0.25, 0.3) is 0 Å². The van der Waals surface area contributed by atoms with Crippen molar-refractivity contribution < 1.29 is 0 Å². The number of nitrogens with zero attached hydrogens (tertiary/aromatic N) is 3. The zero-order valence-electron chi connectivity index (χ0n) is 17.0. The molecule has 1 atom stereocenters. The summed E-state index contributed by atoms with van der Waals surface area (Å²) in [6.45, 7) is 8.33. The summed E-state index contributed by atoms with van der Waals surface area (Å²) in [4.78, 5) is 12.9. The normalized spacial score (nSPS) is 17.0. The first kappa shape index (κ1) is 23.1. The number of pyridine rings is 1. The second-order valence-electron chi connectivity index (χ2n) is 7.32. The Labute approximate surface area is 190 Å². The molecule has 1 fully saturated rings. The van der Waals surface area contributed by atoms with Crippen LogP contribution in [0.5, 0.6) is 0 Å². The highest BCUT2D eigenvalue weighted by atomic mass is 127. The summed E-state index contributed by atoms with van der Waals surface area (Å²) in [5.41, 5.74) is 2.25. The van der Waals surface area contributed by atoms with Crippen LogP contribution < -0.4 is 10.6 Å². The molecule has 2 N–H and O–H groups in total. The molecule has 1 unspecified atom stereocenters. The van der Waals surface area contributed by atoms with Gasteiger partial charge in [0.2, 0.25) is 0 Å². The number of hydrogen-bond donors (Lipinski definition) is 2. The molecule has 0 aromatic carbocycles. The van der Waals surface area contributed by atoms with Gasteiger partial charge in [-0.3, -0.25) is 14.9 Å². The Morgan fingerprint density at radius 2 is 2.07 bits per heavy atom. The molecule has 0 radical (unpaired) electrons. The molecule has 0 aliphatic carbocycles. The van der Waals surface area contributed by atoms with Crippen LogP contribution in [0.15, 0.2) is 40.8 Å². The Bertz CT molecular complexity index is 726. The third-order valence-electron chi connectivity index (χ3n) is 5.36. The number of likely N-dealkylation sites (tertiary alicyclic amines) is 1. The van der Waals surface area contributed by atoms with Crippen molar-refractivity contribution in [2.24, 2.45) is 10.9 Å². The van der Waals surface area contributed by atoms with E-state index in [1.54, 1.807) is 0 Å². The number of thiophene rings is 1. The van der Waals surface area contributed by atoms with E-state index < -0.39 is 0 Å². The van der Waals surface area contributed by atoms with Crippen LogP contribution in [-0.4, -0.2) is 42.5 Å². The number of aromatic nitrogens is 1. The number of nitrogens with one attached hydrogen (secondary N) is 2. The van der Waals surface area contributed by atoms with E-state index in [1.165, 1.54) is 36.4 Å². The molecule has 2 aromatic heterocycles. The van der Waals surface area contributed by atoms with Crippen molar-refractivity contribution in [3.05, 3.63) is 52.0 Å². The van der Waals surface area contributed by atoms with E-state index in [0.29, 0.717) is 12.6 Å². The largest absolute Gasteiger partial charge is 0.354 e. The number of guanidine groups is 1. The second-order valence-corrected chi connectivity index (χ2v) is 8.30. The molecule has 3 rings (SSSR count). The van der Waals surface area contributed by atoms with Crippen molar-refractivity contribution in [3.8, 4) is 0 Å². The average Bonchev–Trinajstić information content (AvgIpc) is 3.21. The Morgan fingerprint density at radius 1 is 1.29 bits per heavy atom. The van der Waals surface area contributed by atoms with E-state index in [4.69, 9.17) is 0 Å². The quantitative estimate of drug-likeness (QED) is 0.345. The number of aryl methyl sites for hydroxylation is 1. The van der Waals surface area contributed by atoms with Crippen molar-refractivity contribution in [2.75, 3.05) is 26.7 Å². The highest BCUT2D eigenvalue weighted by Gasteiger charge is 2.25. The third-order valence-corrected chi connectivity index (χ3v) is 6.33. The molecule has 154 valence electrons. The molecule has 0 bridgehead atoms. The van der Waals surface area contributed by atoms with E-state index in [1.807, 2.05) is 30.6 Å². The first-order chi connectivity index (χ1) is 13.2. The average molecular weight is 513 g/mol. The molecule has 5 nitrogen and oxygen atoms in total. The van der Waals surface area contributed by atoms with E-state index in [-0.39, 0.29) is 24.0 Å². The van der Waals surface area contributed by atoms with Gasteiger partial charge in [-0.2, -0.15) is 0 Å². The van der Waals surface area contributed by atoms with Crippen molar-refractivity contribution in [1.82, 2.24) is 20.5 Å². The fourth-order valence-electron chi connectivity index (χ4n) is 3.52. The SMILES string of the molecule is CN=C(NCc1ncccc1C)NCC(c1cccs1)N1CCC(C)CC1.I. The molecule has 2 aromatic rings. The van der Waals surface area contributed by atoms with Gasteiger partial charge in [0.1, 0.15) is 0 Å². The van der Waals surface area contributed by atoms with Gasteiger partial charge >= 0.3 is 0 Å². The molecule has 1 aliphatic heterocycles. The van der Waals surface area contributed by atoms with E-state index in [2.05, 4.69) is 62.9 Å². The topological polar surface area (TPSA) is 52.6 Å². The van der Waals surface area contributed by atoms with Gasteiger partial charge in [0, 0.05) is 24.7 Å². The number of rotatable bonds is 6. The van der Waals surface area contributed by atoms with Gasteiger partial charge in [-0.25, -0.2) is 0 Å². The smallest absolute Gasteiger partial charge is 0.191 e. The van der Waals surface area contributed by atoms with Gasteiger partial charge < -0.3 is 10.6 Å². The van der Waals surface area contributed by atoms with Gasteiger partial charge in [0.25, 0.3) is 0 Å². The summed E-state index contributed by atoms with van der Waals surface area (Å²) in [6.07, 6.45) is 4.41. The molecular weight excluding hydrogens is 481 g/mol. The molecule has 0 amide bonds. The minimum Gasteiger partial charge on any atom is -0.354 e. The Hall–Kier alpha value is -1.19. The molecule has 0 spiro atoms. The van der Waals surface area contributed by atoms with Crippen molar-refractivity contribution >= 4 is 41.3 Å². The Morgan fingerprint density at radius 3 is 2.71 bits per heavy atom. The van der Waals surface area contributed by atoms with Gasteiger partial charge in [0.05, 0.1) is 18.3 Å². The van der Waals surface area contributed by atoms with Gasteiger partial charge in [-0.15, -0.1) is 35.3 Å². The summed E-state index contributed by atoms with van der Waals surface area (Å²) in [6, 6.07) is 8.85. The first-order valence-corrected chi connectivity index (χ1v) is 10.7. The highest BCUT2D eigenvalue weighted by Crippen LogP contribution is 2.29. The number of piperidine rings is 1. The number of hydrogen-bond acceptors (Lipinski definition) is 4. The monoisotopic (exact) mass is 513 g/mol. The molecular formula is C21H32IN5S. The third kappa shape index (κ3) is 6.42. The van der Waals surface area contributed by atoms with Crippen LogP contribution in [0.1, 0.15) is 41.9 Å². The summed E-state index contributed by atoms with van der Waals surface area (Å²) >= 11 is 1.84. The minimum atomic E-state index is 0. The fourth-order valence-corrected chi connectivity index (χ4v) is 4.38. The van der Waals surface area contributed by atoms with Crippen molar-refractivity contribution in [1.29, 1.82) is 0 Å². The Balaban J connectivity index is 0.00000280. The standard InChI is InChI=1S/C21H31N5S.HI/c1-16-8-11-26(12-9-16)19(20-7-5-13-27-20)15-25-21(22-3)24-14-18-17(2)6-4-10-23-18;/h4-7,10,13,16,19H,8-9,11-12,14-15H2,1-3H3,(H2,22,24,25);1H. The lowest BCUT2D eigenvalue weighted by Crippen LogP contribution is -2.44. The van der Waals surface area contributed by atoms with Gasteiger partial charge in [0.15, 0.2) is 5.96 Å². The summed E-state index contributed by atoms with van der Waals surface area (Å²) in [5, 5.41) is 9.10. The molecule has 28 heavy (non-hydrogen) atoms. The molecule has 0 saturated carbocycles. The summed E-state index contributed by atoms with van der Waals surface area (Å²) in [5.74, 6) is 1.67. The number of halogens is 1. The van der Waals surface area contributed by atoms with Crippen molar-refractivity contribution in [3.63, 3.8) is 0 Å². The highest BCUT2D eigenvalue weighted by molar-refractivity contribution is 14.0. The minimum absolute atomic E-state index is 0. The maximum atomic E-state index is 4.45. The second kappa shape index (κ2) is 11.7. The summed E-state index contributed by atoms with van der Waals surface area (Å²) in [7, 11) is 1.82.